The molecule has 0 spiro atoms. The van der Waals surface area contributed by atoms with Gasteiger partial charge >= 0.3 is 12.0 Å². The van der Waals surface area contributed by atoms with Crippen LogP contribution in [0.3, 0.4) is 0 Å². The molecule has 4 N–H and O–H groups in total. The van der Waals surface area contributed by atoms with E-state index >= 15 is 0 Å². The summed E-state index contributed by atoms with van der Waals surface area (Å²) in [7, 11) is 0. The van der Waals surface area contributed by atoms with Crippen LogP contribution in [0, 0.1) is 0 Å². The van der Waals surface area contributed by atoms with Crippen molar-refractivity contribution in [3.8, 4) is 0 Å². The van der Waals surface area contributed by atoms with E-state index in [0.717, 1.165) is 5.01 Å². The fraction of sp³-hybridized carbons (Fsp3) is 0.455. The van der Waals surface area contributed by atoms with Gasteiger partial charge in [-0.25, -0.2) is 19.8 Å². The first kappa shape index (κ1) is 28.2. The smallest absolute Gasteiger partial charge is 0.357 e. The van der Waals surface area contributed by atoms with E-state index in [-0.39, 0.29) is 46.7 Å². The number of aldehydes is 1. The van der Waals surface area contributed by atoms with Gasteiger partial charge in [-0.3, -0.25) is 24.6 Å². The highest BCUT2D eigenvalue weighted by molar-refractivity contribution is 6.40. The molecule has 0 saturated carbocycles. The molecule has 0 bridgehead atoms. The van der Waals surface area contributed by atoms with E-state index in [1.54, 1.807) is 0 Å². The maximum absolute atomic E-state index is 13.5. The number of carbonyl (C=O) groups excluding carboxylic acids is 5. The third kappa shape index (κ3) is 6.87. The number of halogens is 2. The second-order valence-electron chi connectivity index (χ2n) is 8.53. The monoisotopic (exact) mass is 556 g/mol. The maximum atomic E-state index is 13.5. The quantitative estimate of drug-likeness (QED) is 0.329. The number of hydrazine groups is 2. The molecule has 5 amide bonds. The zero-order chi connectivity index (χ0) is 27.3. The Morgan fingerprint density at radius 3 is 2.46 bits per heavy atom. The van der Waals surface area contributed by atoms with Crippen LogP contribution in [-0.2, 0) is 19.2 Å². The molecule has 2 aliphatic heterocycles. The number of benzene rings is 1. The molecule has 2 saturated heterocycles. The van der Waals surface area contributed by atoms with Gasteiger partial charge in [-0.1, -0.05) is 23.2 Å². The average Bonchev–Trinajstić information content (AvgIpc) is 2.95. The Hall–Kier alpha value is -3.42. The molecule has 37 heavy (non-hydrogen) atoms. The lowest BCUT2D eigenvalue weighted by Gasteiger charge is -2.44. The average molecular weight is 557 g/mol. The minimum absolute atomic E-state index is 0.0173. The lowest BCUT2D eigenvalue weighted by molar-refractivity contribution is -0.150. The van der Waals surface area contributed by atoms with Gasteiger partial charge in [0.2, 0.25) is 11.8 Å². The Labute approximate surface area is 221 Å². The summed E-state index contributed by atoms with van der Waals surface area (Å²) in [5.41, 5.74) is 2.64. The number of urea groups is 1. The summed E-state index contributed by atoms with van der Waals surface area (Å²) < 4.78 is 0. The van der Waals surface area contributed by atoms with Crippen molar-refractivity contribution in [1.82, 2.24) is 25.8 Å². The van der Waals surface area contributed by atoms with Crippen molar-refractivity contribution in [2.24, 2.45) is 0 Å². The summed E-state index contributed by atoms with van der Waals surface area (Å²) >= 11 is 12.3. The van der Waals surface area contributed by atoms with Crippen molar-refractivity contribution < 1.29 is 33.9 Å². The van der Waals surface area contributed by atoms with Crippen LogP contribution in [0.25, 0.3) is 0 Å². The van der Waals surface area contributed by atoms with E-state index in [2.05, 4.69) is 16.1 Å². The molecule has 3 rings (SSSR count). The fourth-order valence-corrected chi connectivity index (χ4v) is 4.67. The molecule has 2 fully saturated rings. The standard InChI is InChI=1S/C22H26Cl2N6O7/c1-12(32)26-20-16(23)7-13(8-17(20)24)21(36)27-28-6-4-18(33)29-5-2-3-15(30(29)22(28)37)10-25-14(11-31)9-19(34)35/h7-8,11,14-15,25H,2-6,9-10H2,1H3,(H,26,32)(H,27,36)(H,34,35)/t14-,15-/m0/s1. The predicted molar refractivity (Wildman–Crippen MR) is 132 cm³/mol. The van der Waals surface area contributed by atoms with Crippen molar-refractivity contribution >= 4 is 64.9 Å². The third-order valence-electron chi connectivity index (χ3n) is 5.79. The third-order valence-corrected chi connectivity index (χ3v) is 6.39. The van der Waals surface area contributed by atoms with Crippen LogP contribution in [0.15, 0.2) is 12.1 Å². The van der Waals surface area contributed by atoms with Crippen molar-refractivity contribution in [2.75, 3.05) is 25.0 Å². The zero-order valence-corrected chi connectivity index (χ0v) is 21.3. The van der Waals surface area contributed by atoms with Gasteiger partial charge in [0.05, 0.1) is 40.8 Å². The van der Waals surface area contributed by atoms with Crippen molar-refractivity contribution in [3.05, 3.63) is 27.7 Å². The van der Waals surface area contributed by atoms with Crippen molar-refractivity contribution in [2.45, 2.75) is 44.7 Å². The van der Waals surface area contributed by atoms with Crippen LogP contribution in [0.5, 0.6) is 0 Å². The van der Waals surface area contributed by atoms with Gasteiger partial charge in [0.1, 0.15) is 6.29 Å². The van der Waals surface area contributed by atoms with Crippen LogP contribution in [0.2, 0.25) is 10.0 Å². The van der Waals surface area contributed by atoms with E-state index in [1.165, 1.54) is 29.1 Å². The highest BCUT2D eigenvalue weighted by Gasteiger charge is 2.41. The lowest BCUT2D eigenvalue weighted by Crippen LogP contribution is -2.63. The van der Waals surface area contributed by atoms with E-state index in [1.807, 2.05) is 0 Å². The molecule has 1 aromatic rings. The maximum Gasteiger partial charge on any atom is 0.357 e. The minimum Gasteiger partial charge on any atom is -0.481 e. The van der Waals surface area contributed by atoms with Gasteiger partial charge < -0.3 is 20.5 Å². The molecule has 2 heterocycles. The Kier molecular flexibility index (Phi) is 9.29. The van der Waals surface area contributed by atoms with E-state index in [0.29, 0.717) is 25.7 Å². The highest BCUT2D eigenvalue weighted by atomic mass is 35.5. The van der Waals surface area contributed by atoms with Crippen LogP contribution < -0.4 is 16.1 Å². The number of carboxylic acid groups (broad SMARTS) is 1. The van der Waals surface area contributed by atoms with Gasteiger partial charge in [0.15, 0.2) is 0 Å². The first-order valence-corrected chi connectivity index (χ1v) is 12.2. The molecular formula is C22H26Cl2N6O7. The first-order chi connectivity index (χ1) is 17.5. The second kappa shape index (κ2) is 12.2. The molecule has 1 aromatic carbocycles. The molecule has 13 nitrogen and oxygen atoms in total. The molecule has 0 aliphatic carbocycles. The molecule has 200 valence electrons. The number of nitrogens with one attached hydrogen (secondary N) is 3. The van der Waals surface area contributed by atoms with Crippen LogP contribution in [-0.4, -0.2) is 87.9 Å². The molecule has 0 aromatic heterocycles. The van der Waals surface area contributed by atoms with E-state index < -0.39 is 42.3 Å². The van der Waals surface area contributed by atoms with Gasteiger partial charge in [0, 0.05) is 32.0 Å². The molecule has 15 heteroatoms. The van der Waals surface area contributed by atoms with E-state index in [9.17, 15) is 28.8 Å². The molecule has 0 radical (unpaired) electrons. The summed E-state index contributed by atoms with van der Waals surface area (Å²) in [5, 5.41) is 17.8. The van der Waals surface area contributed by atoms with Gasteiger partial charge in [-0.05, 0) is 25.0 Å². The topological polar surface area (TPSA) is 168 Å². The fourth-order valence-electron chi connectivity index (χ4n) is 4.09. The Balaban J connectivity index is 1.78. The molecule has 0 unspecified atom stereocenters. The number of nitrogens with zero attached hydrogens (tertiary/aromatic N) is 3. The van der Waals surface area contributed by atoms with Gasteiger partial charge in [-0.2, -0.15) is 0 Å². The van der Waals surface area contributed by atoms with Crippen molar-refractivity contribution in [3.63, 3.8) is 0 Å². The number of hydrogen-bond donors (Lipinski definition) is 4. The lowest BCUT2D eigenvalue weighted by atomic mass is 10.1. The summed E-state index contributed by atoms with van der Waals surface area (Å²) in [4.78, 5) is 72.7. The van der Waals surface area contributed by atoms with Crippen LogP contribution in [0.4, 0.5) is 10.5 Å². The van der Waals surface area contributed by atoms with Crippen molar-refractivity contribution in [1.29, 1.82) is 0 Å². The Bertz CT molecular complexity index is 1090. The normalized spacial score (nSPS) is 18.6. The molecular weight excluding hydrogens is 531 g/mol. The SMILES string of the molecule is CC(=O)Nc1c(Cl)cc(C(=O)NN2CCC(=O)N3CCC[C@@H](CN[C@H](C=O)CC(=O)O)N3C2=O)cc1Cl. The summed E-state index contributed by atoms with van der Waals surface area (Å²) in [5.74, 6) is -2.60. The number of fused-ring (bicyclic) bond motifs is 1. The first-order valence-electron chi connectivity index (χ1n) is 11.4. The molecule has 2 aliphatic rings. The second-order valence-corrected chi connectivity index (χ2v) is 9.34. The van der Waals surface area contributed by atoms with Crippen LogP contribution >= 0.6 is 23.2 Å². The van der Waals surface area contributed by atoms with Crippen LogP contribution in [0.1, 0.15) is 43.0 Å². The van der Waals surface area contributed by atoms with Gasteiger partial charge in [-0.15, -0.1) is 0 Å². The summed E-state index contributed by atoms with van der Waals surface area (Å²) in [6.07, 6.45) is 1.07. The number of anilines is 1. The number of carboxylic acids is 1. The van der Waals surface area contributed by atoms with Gasteiger partial charge in [0.25, 0.3) is 5.91 Å². The largest absolute Gasteiger partial charge is 0.481 e. The minimum atomic E-state index is -1.16. The number of amides is 5. The number of carbonyl (C=O) groups is 6. The zero-order valence-electron chi connectivity index (χ0n) is 19.8. The van der Waals surface area contributed by atoms with E-state index in [4.69, 9.17) is 28.3 Å². The predicted octanol–water partition coefficient (Wildman–Crippen LogP) is 1.26. The number of hydrogen-bond acceptors (Lipinski definition) is 7. The highest BCUT2D eigenvalue weighted by Crippen LogP contribution is 2.32. The number of aliphatic carboxylic acids is 1. The molecule has 2 atom stereocenters. The number of rotatable bonds is 9. The Morgan fingerprint density at radius 2 is 1.86 bits per heavy atom. The summed E-state index contributed by atoms with van der Waals surface area (Å²) in [6, 6.07) is 0.363. The summed E-state index contributed by atoms with van der Waals surface area (Å²) in [6.45, 7) is 1.53. The Morgan fingerprint density at radius 1 is 1.19 bits per heavy atom.